The number of carbonyl (C=O) groups is 4. The van der Waals surface area contributed by atoms with Gasteiger partial charge in [0, 0.05) is 37.4 Å². The van der Waals surface area contributed by atoms with E-state index < -0.39 is 11.6 Å². The molecule has 61 heavy (non-hydrogen) atoms. The zero-order chi connectivity index (χ0) is 44.1. The van der Waals surface area contributed by atoms with Crippen LogP contribution < -0.4 is 16.0 Å². The molecule has 0 heterocycles. The number of hydrogen-bond donors (Lipinski definition) is 4. The van der Waals surface area contributed by atoms with Gasteiger partial charge in [0.05, 0.1) is 11.2 Å². The fraction of sp³-hybridized carbons (Fsp3) is 0.540. The minimum Gasteiger partial charge on any atom is -0.481 e. The number of carboxylic acids is 1. The van der Waals surface area contributed by atoms with Crippen molar-refractivity contribution < 1.29 is 29.0 Å². The molecule has 0 spiro atoms. The number of hydrogen-bond acceptors (Lipinski definition) is 7. The number of alkyl carbamates (subject to hydrolysis) is 1. The second kappa shape index (κ2) is 29.4. The van der Waals surface area contributed by atoms with Gasteiger partial charge < -0.3 is 25.8 Å². The predicted molar refractivity (Wildman–Crippen MR) is 248 cm³/mol. The summed E-state index contributed by atoms with van der Waals surface area (Å²) in [4.78, 5) is 49.7. The van der Waals surface area contributed by atoms with Gasteiger partial charge in [-0.15, -0.1) is 0 Å². The summed E-state index contributed by atoms with van der Waals surface area (Å²) in [7, 11) is 0. The Morgan fingerprint density at radius 3 is 1.34 bits per heavy atom. The second-order valence-corrected chi connectivity index (χ2v) is 17.4. The van der Waals surface area contributed by atoms with Crippen LogP contribution in [0.5, 0.6) is 0 Å². The molecule has 0 aliphatic heterocycles. The number of aliphatic carboxylic acids is 1. The number of isothiocyanates is 1. The number of aliphatic imine (C=N–C) groups is 1. The van der Waals surface area contributed by atoms with Gasteiger partial charge in [-0.1, -0.05) is 110 Å². The maximum Gasteiger partial charge on any atom is 0.407 e. The number of nitrogens with zero attached hydrogens (tertiary/aromatic N) is 1. The molecule has 0 bridgehead atoms. The van der Waals surface area contributed by atoms with E-state index in [0.717, 1.165) is 103 Å². The van der Waals surface area contributed by atoms with Gasteiger partial charge >= 0.3 is 12.1 Å². The fourth-order valence-electron chi connectivity index (χ4n) is 7.11. The number of benzene rings is 3. The average molecular weight is 855 g/mol. The molecule has 0 unspecified atom stereocenters. The molecule has 2 aliphatic rings. The molecule has 0 atom stereocenters. The van der Waals surface area contributed by atoms with E-state index in [9.17, 15) is 19.2 Å². The monoisotopic (exact) mass is 855 g/mol. The molecule has 0 radical (unpaired) electrons. The van der Waals surface area contributed by atoms with Crippen LogP contribution >= 0.6 is 12.2 Å². The van der Waals surface area contributed by atoms with E-state index >= 15 is 0 Å². The first kappa shape index (κ1) is 50.5. The Morgan fingerprint density at radius 1 is 0.590 bits per heavy atom. The highest BCUT2D eigenvalue weighted by Gasteiger charge is 2.32. The van der Waals surface area contributed by atoms with Crippen LogP contribution in [0.1, 0.15) is 140 Å². The lowest BCUT2D eigenvalue weighted by molar-refractivity contribution is -0.137. The van der Waals surface area contributed by atoms with Gasteiger partial charge in [0.25, 0.3) is 0 Å². The minimum atomic E-state index is -0.690. The third-order valence-electron chi connectivity index (χ3n) is 10.6. The van der Waals surface area contributed by atoms with E-state index in [2.05, 4.69) is 99.0 Å². The SMILES string of the molecule is CC(C)(C)OC(=O)NC1CC(NC(=O)CCCCCc2ccccc2)C1.O=C(CCCCCc1ccccc1)NC1CC(N=C=S)C1.O=C(O)CCCCCc1ccccc1. The summed E-state index contributed by atoms with van der Waals surface area (Å²) in [6.45, 7) is 5.53. The first-order valence-corrected chi connectivity index (χ1v) is 22.8. The average Bonchev–Trinajstić information content (AvgIpc) is 3.20. The molecule has 3 aromatic carbocycles. The number of rotatable bonds is 22. The number of carboxylic acid groups (broad SMARTS) is 1. The molecule has 2 aliphatic carbocycles. The van der Waals surface area contributed by atoms with Gasteiger partial charge in [0.1, 0.15) is 5.60 Å². The number of thiocarbonyl (C=S) groups is 1. The van der Waals surface area contributed by atoms with Gasteiger partial charge in [0.2, 0.25) is 11.8 Å². The molecule has 11 heteroatoms. The van der Waals surface area contributed by atoms with Crippen LogP contribution in [0.15, 0.2) is 96.0 Å². The number of amides is 3. The number of nitrogens with one attached hydrogen (secondary N) is 3. The highest BCUT2D eigenvalue weighted by Crippen LogP contribution is 2.23. The van der Waals surface area contributed by atoms with E-state index in [1.165, 1.54) is 16.7 Å². The van der Waals surface area contributed by atoms with Crippen LogP contribution in [-0.4, -0.2) is 63.9 Å². The summed E-state index contributed by atoms with van der Waals surface area (Å²) in [5.41, 5.74) is 3.58. The maximum atomic E-state index is 12.0. The Morgan fingerprint density at radius 2 is 0.967 bits per heavy atom. The summed E-state index contributed by atoms with van der Waals surface area (Å²) >= 11 is 4.57. The number of aryl methyl sites for hydroxylation is 3. The third kappa shape index (κ3) is 24.9. The molecule has 4 N–H and O–H groups in total. The second-order valence-electron chi connectivity index (χ2n) is 17.2. The van der Waals surface area contributed by atoms with Crippen LogP contribution in [0.2, 0.25) is 0 Å². The van der Waals surface area contributed by atoms with Crippen LogP contribution in [0.4, 0.5) is 4.79 Å². The van der Waals surface area contributed by atoms with Crippen LogP contribution in [-0.2, 0) is 38.4 Å². The van der Waals surface area contributed by atoms with Crippen molar-refractivity contribution in [1.82, 2.24) is 16.0 Å². The molecule has 0 aromatic heterocycles. The molecular formula is C50H70N4O6S. The first-order valence-electron chi connectivity index (χ1n) is 22.4. The lowest BCUT2D eigenvalue weighted by atomic mass is 9.86. The lowest BCUT2D eigenvalue weighted by Gasteiger charge is -2.36. The quantitative estimate of drug-likeness (QED) is 0.0447. The van der Waals surface area contributed by atoms with Crippen LogP contribution in [0.3, 0.4) is 0 Å². The summed E-state index contributed by atoms with van der Waals surface area (Å²) in [6.07, 6.45) is 16.9. The van der Waals surface area contributed by atoms with E-state index in [1.54, 1.807) is 0 Å². The largest absolute Gasteiger partial charge is 0.481 e. The molecular weight excluding hydrogens is 785 g/mol. The van der Waals surface area contributed by atoms with Crippen LogP contribution in [0.25, 0.3) is 0 Å². The molecule has 332 valence electrons. The Balaban J connectivity index is 0.000000255. The van der Waals surface area contributed by atoms with Crippen molar-refractivity contribution in [1.29, 1.82) is 0 Å². The maximum absolute atomic E-state index is 12.0. The van der Waals surface area contributed by atoms with E-state index in [-0.39, 0.29) is 36.0 Å². The Hall–Kier alpha value is -4.86. The van der Waals surface area contributed by atoms with Crippen molar-refractivity contribution in [2.24, 2.45) is 4.99 Å². The Kier molecular flexibility index (Phi) is 24.3. The number of carbonyl (C=O) groups excluding carboxylic acids is 3. The number of ether oxygens (including phenoxy) is 1. The summed E-state index contributed by atoms with van der Waals surface area (Å²) < 4.78 is 5.23. The van der Waals surface area contributed by atoms with Crippen molar-refractivity contribution in [3.8, 4) is 0 Å². The minimum absolute atomic E-state index is 0.0982. The van der Waals surface area contributed by atoms with Gasteiger partial charge in [-0.2, -0.15) is 0 Å². The van der Waals surface area contributed by atoms with Crippen LogP contribution in [0, 0.1) is 0 Å². The summed E-state index contributed by atoms with van der Waals surface area (Å²) in [6, 6.07) is 32.1. The smallest absolute Gasteiger partial charge is 0.407 e. The third-order valence-corrected chi connectivity index (χ3v) is 10.7. The van der Waals surface area contributed by atoms with Gasteiger partial charge in [0.15, 0.2) is 0 Å². The highest BCUT2D eigenvalue weighted by atomic mass is 32.1. The first-order chi connectivity index (χ1) is 29.4. The number of unbranched alkanes of at least 4 members (excludes halogenated alkanes) is 6. The topological polar surface area (TPSA) is 146 Å². The molecule has 0 saturated heterocycles. The highest BCUT2D eigenvalue weighted by molar-refractivity contribution is 7.78. The Bertz CT molecular complexity index is 1740. The van der Waals surface area contributed by atoms with E-state index in [4.69, 9.17) is 9.84 Å². The van der Waals surface area contributed by atoms with Crippen molar-refractivity contribution in [3.05, 3.63) is 108 Å². The van der Waals surface area contributed by atoms with E-state index in [0.29, 0.717) is 25.3 Å². The summed E-state index contributed by atoms with van der Waals surface area (Å²) in [5.74, 6) is -0.403. The molecule has 3 aromatic rings. The molecule has 10 nitrogen and oxygen atoms in total. The van der Waals surface area contributed by atoms with Crippen molar-refractivity contribution >= 4 is 41.3 Å². The summed E-state index contributed by atoms with van der Waals surface area (Å²) in [5, 5.41) is 19.8. The van der Waals surface area contributed by atoms with Gasteiger partial charge in [-0.25, -0.2) is 9.79 Å². The molecule has 5 rings (SSSR count). The van der Waals surface area contributed by atoms with Crippen molar-refractivity contribution in [3.63, 3.8) is 0 Å². The fourth-order valence-corrected chi connectivity index (χ4v) is 7.26. The molecule has 2 fully saturated rings. The normalized spacial score (nSPS) is 17.5. The van der Waals surface area contributed by atoms with Gasteiger partial charge in [-0.05, 0) is 133 Å². The predicted octanol–water partition coefficient (Wildman–Crippen LogP) is 10.4. The van der Waals surface area contributed by atoms with Crippen molar-refractivity contribution in [2.45, 2.75) is 173 Å². The zero-order valence-electron chi connectivity index (χ0n) is 36.7. The van der Waals surface area contributed by atoms with E-state index in [1.807, 2.05) is 51.1 Å². The van der Waals surface area contributed by atoms with Crippen molar-refractivity contribution in [2.75, 3.05) is 0 Å². The Labute approximate surface area is 370 Å². The lowest BCUT2D eigenvalue weighted by Crippen LogP contribution is -2.54. The standard InChI is InChI=1S/C21H32N2O3.C17H22N2OS.C12H16O2/c1-21(2,3)26-20(25)23-18-14-17(15-18)22-19(24)13-9-5-8-12-16-10-6-4-7-11-16;20-17(19-16-11-15(12-16)18-13-21)10-6-2-5-9-14-7-3-1-4-8-14;13-12(14)10-6-2-5-9-11-7-3-1-4-8-11/h4,6-7,10-11,17-18H,5,8-9,12-15H2,1-3H3,(H,22,24)(H,23,25);1,3-4,7-8,15-16H,2,5-6,9-12H2,(H,19,20);1,3-4,7-8H,2,5-6,9-10H2,(H,13,14). The zero-order valence-corrected chi connectivity index (χ0v) is 37.6. The molecule has 2 saturated carbocycles. The van der Waals surface area contributed by atoms with Gasteiger partial charge in [-0.3, -0.25) is 14.4 Å². The molecule has 3 amide bonds.